The van der Waals surface area contributed by atoms with Gasteiger partial charge in [0, 0.05) is 41.1 Å². The zero-order valence-corrected chi connectivity index (χ0v) is 19.7. The molecular weight excluding hydrogens is 462 g/mol. The van der Waals surface area contributed by atoms with Crippen molar-refractivity contribution in [3.05, 3.63) is 63.6 Å². The molecule has 0 radical (unpaired) electrons. The van der Waals surface area contributed by atoms with Crippen LogP contribution in [0.25, 0.3) is 0 Å². The molecule has 2 aromatic rings. The van der Waals surface area contributed by atoms with Gasteiger partial charge in [-0.05, 0) is 74.2 Å². The van der Waals surface area contributed by atoms with Crippen LogP contribution in [0.2, 0.25) is 0 Å². The van der Waals surface area contributed by atoms with Crippen molar-refractivity contribution < 1.29 is 9.59 Å². The molecule has 1 spiro atoms. The van der Waals surface area contributed by atoms with Crippen molar-refractivity contribution in [2.75, 3.05) is 30.7 Å². The fourth-order valence-corrected chi connectivity index (χ4v) is 5.86. The maximum Gasteiger partial charge on any atom is 0.321 e. The summed E-state index contributed by atoms with van der Waals surface area (Å²) in [5.41, 5.74) is 3.91. The number of urea groups is 1. The first-order valence-electron chi connectivity index (χ1n) is 10.2. The highest BCUT2D eigenvalue weighted by atomic mass is 79.9. The lowest BCUT2D eigenvalue weighted by molar-refractivity contribution is 0.0585. The first-order valence-corrected chi connectivity index (χ1v) is 12.0. The minimum Gasteiger partial charge on any atom is -0.324 e. The van der Waals surface area contributed by atoms with Crippen LogP contribution < -0.4 is 5.32 Å². The number of carbonyl (C=O) groups excluding carboxylic acids is 2. The van der Waals surface area contributed by atoms with Gasteiger partial charge in [-0.1, -0.05) is 22.0 Å². The number of anilines is 1. The van der Waals surface area contributed by atoms with E-state index in [1.807, 2.05) is 71.0 Å². The molecular formula is C23H26BrN3O2S. The number of rotatable bonds is 2. The third kappa shape index (κ3) is 4.23. The summed E-state index contributed by atoms with van der Waals surface area (Å²) in [6, 6.07) is 13.5. The standard InChI is InChI=1S/C23H26BrN3O2S/c1-16-3-8-20(15-17(16)2)25-22(29)26-11-9-23(10-12-26)27(13-14-30-23)21(28)18-4-6-19(24)7-5-18/h3-8,15H,9-14H2,1-2H3,(H,25,29). The fraction of sp³-hybridized carbons (Fsp3) is 0.391. The number of amides is 3. The average molecular weight is 488 g/mol. The molecule has 2 fully saturated rings. The number of halogens is 1. The highest BCUT2D eigenvalue weighted by molar-refractivity contribution is 9.10. The Balaban J connectivity index is 1.40. The molecule has 4 rings (SSSR count). The van der Waals surface area contributed by atoms with E-state index in [2.05, 4.69) is 28.2 Å². The number of likely N-dealkylation sites (tertiary alicyclic amines) is 1. The van der Waals surface area contributed by atoms with Crippen LogP contribution in [-0.2, 0) is 0 Å². The monoisotopic (exact) mass is 487 g/mol. The molecule has 2 aliphatic rings. The number of aryl methyl sites for hydroxylation is 2. The highest BCUT2D eigenvalue weighted by Gasteiger charge is 2.47. The summed E-state index contributed by atoms with van der Waals surface area (Å²) in [4.78, 5) is 29.6. The summed E-state index contributed by atoms with van der Waals surface area (Å²) < 4.78 is 0.965. The zero-order valence-electron chi connectivity index (χ0n) is 17.3. The number of benzene rings is 2. The van der Waals surface area contributed by atoms with Crippen molar-refractivity contribution in [1.29, 1.82) is 0 Å². The maximum absolute atomic E-state index is 13.2. The Morgan fingerprint density at radius 3 is 2.37 bits per heavy atom. The molecule has 0 aliphatic carbocycles. The molecule has 5 nitrogen and oxygen atoms in total. The lowest BCUT2D eigenvalue weighted by Gasteiger charge is -2.44. The molecule has 0 saturated carbocycles. The van der Waals surface area contributed by atoms with E-state index < -0.39 is 0 Å². The SMILES string of the molecule is Cc1ccc(NC(=O)N2CCC3(CC2)SCCN3C(=O)c2ccc(Br)cc2)cc1C. The second-order valence-corrected chi connectivity index (χ2v) is 10.3. The van der Waals surface area contributed by atoms with Gasteiger partial charge in [0.15, 0.2) is 0 Å². The van der Waals surface area contributed by atoms with Crippen LogP contribution in [0.1, 0.15) is 34.3 Å². The number of thioether (sulfide) groups is 1. The number of nitrogens with zero attached hydrogens (tertiary/aromatic N) is 2. The second-order valence-electron chi connectivity index (χ2n) is 7.97. The van der Waals surface area contributed by atoms with Crippen LogP contribution in [0.4, 0.5) is 10.5 Å². The van der Waals surface area contributed by atoms with Gasteiger partial charge in [-0.25, -0.2) is 4.79 Å². The van der Waals surface area contributed by atoms with Crippen molar-refractivity contribution in [2.45, 2.75) is 31.6 Å². The van der Waals surface area contributed by atoms with Crippen LogP contribution >= 0.6 is 27.7 Å². The van der Waals surface area contributed by atoms with Crippen LogP contribution in [0, 0.1) is 13.8 Å². The smallest absolute Gasteiger partial charge is 0.321 e. The molecule has 0 aromatic heterocycles. The van der Waals surface area contributed by atoms with E-state index in [9.17, 15) is 9.59 Å². The first kappa shape index (κ1) is 21.2. The van der Waals surface area contributed by atoms with E-state index in [4.69, 9.17) is 0 Å². The minimum absolute atomic E-state index is 0.0677. The molecule has 2 saturated heterocycles. The van der Waals surface area contributed by atoms with Gasteiger partial charge in [0.25, 0.3) is 5.91 Å². The highest BCUT2D eigenvalue weighted by Crippen LogP contribution is 2.44. The quantitative estimate of drug-likeness (QED) is 0.626. The molecule has 0 unspecified atom stereocenters. The summed E-state index contributed by atoms with van der Waals surface area (Å²) in [5, 5.41) is 3.02. The van der Waals surface area contributed by atoms with Gasteiger partial charge < -0.3 is 15.1 Å². The van der Waals surface area contributed by atoms with Crippen molar-refractivity contribution in [3.8, 4) is 0 Å². The molecule has 3 amide bonds. The molecule has 2 aliphatic heterocycles. The van der Waals surface area contributed by atoms with E-state index in [0.717, 1.165) is 46.4 Å². The first-order chi connectivity index (χ1) is 14.4. The Morgan fingerprint density at radius 1 is 1.00 bits per heavy atom. The van der Waals surface area contributed by atoms with Gasteiger partial charge >= 0.3 is 6.03 Å². The van der Waals surface area contributed by atoms with E-state index in [-0.39, 0.29) is 16.8 Å². The summed E-state index contributed by atoms with van der Waals surface area (Å²) in [6.07, 6.45) is 1.58. The molecule has 7 heteroatoms. The van der Waals surface area contributed by atoms with Crippen molar-refractivity contribution in [1.82, 2.24) is 9.80 Å². The Kier molecular flexibility index (Phi) is 6.11. The molecule has 158 valence electrons. The summed E-state index contributed by atoms with van der Waals surface area (Å²) in [5.74, 6) is 1.03. The fourth-order valence-electron chi connectivity index (χ4n) is 4.14. The van der Waals surface area contributed by atoms with Gasteiger partial charge in [-0.3, -0.25) is 4.79 Å². The Bertz CT molecular complexity index is 955. The van der Waals surface area contributed by atoms with Crippen LogP contribution in [-0.4, -0.2) is 52.0 Å². The van der Waals surface area contributed by atoms with Crippen LogP contribution in [0.3, 0.4) is 0 Å². The van der Waals surface area contributed by atoms with Crippen LogP contribution in [0.5, 0.6) is 0 Å². The van der Waals surface area contributed by atoms with Crippen molar-refractivity contribution in [3.63, 3.8) is 0 Å². The van der Waals surface area contributed by atoms with E-state index in [1.54, 1.807) is 0 Å². The average Bonchev–Trinajstić information content (AvgIpc) is 3.14. The minimum atomic E-state index is -0.207. The van der Waals surface area contributed by atoms with E-state index in [0.29, 0.717) is 13.1 Å². The molecule has 0 atom stereocenters. The molecule has 2 heterocycles. The predicted molar refractivity (Wildman–Crippen MR) is 126 cm³/mol. The maximum atomic E-state index is 13.2. The topological polar surface area (TPSA) is 52.7 Å². The summed E-state index contributed by atoms with van der Waals surface area (Å²) in [6.45, 7) is 6.16. The second kappa shape index (κ2) is 8.63. The summed E-state index contributed by atoms with van der Waals surface area (Å²) >= 11 is 5.29. The number of hydrogen-bond donors (Lipinski definition) is 1. The predicted octanol–water partition coefficient (Wildman–Crippen LogP) is 5.28. The van der Waals surface area contributed by atoms with Crippen molar-refractivity contribution >= 4 is 45.3 Å². The summed E-state index contributed by atoms with van der Waals surface area (Å²) in [7, 11) is 0. The lowest BCUT2D eigenvalue weighted by atomic mass is 10.0. The van der Waals surface area contributed by atoms with Crippen molar-refractivity contribution in [2.24, 2.45) is 0 Å². The third-order valence-electron chi connectivity index (χ3n) is 6.10. The Hall–Kier alpha value is -1.99. The van der Waals surface area contributed by atoms with Gasteiger partial charge in [0.1, 0.15) is 0 Å². The van der Waals surface area contributed by atoms with E-state index >= 15 is 0 Å². The Labute approximate surface area is 190 Å². The number of piperidine rings is 1. The molecule has 1 N–H and O–H groups in total. The molecule has 2 aromatic carbocycles. The van der Waals surface area contributed by atoms with E-state index in [1.165, 1.54) is 5.56 Å². The number of hydrogen-bond acceptors (Lipinski definition) is 3. The van der Waals surface area contributed by atoms with Crippen LogP contribution in [0.15, 0.2) is 46.9 Å². The van der Waals surface area contributed by atoms with Gasteiger partial charge in [-0.2, -0.15) is 0 Å². The van der Waals surface area contributed by atoms with Gasteiger partial charge in [0.05, 0.1) is 4.87 Å². The molecule has 30 heavy (non-hydrogen) atoms. The number of carbonyl (C=O) groups is 2. The zero-order chi connectivity index (χ0) is 21.3. The molecule has 0 bridgehead atoms. The van der Waals surface area contributed by atoms with Gasteiger partial charge in [-0.15, -0.1) is 11.8 Å². The normalized spacial score (nSPS) is 18.0. The lowest BCUT2D eigenvalue weighted by Crippen LogP contribution is -2.54. The van der Waals surface area contributed by atoms with Gasteiger partial charge in [0.2, 0.25) is 0 Å². The third-order valence-corrected chi connectivity index (χ3v) is 8.19. The number of nitrogens with one attached hydrogen (secondary N) is 1. The Morgan fingerprint density at radius 2 is 1.70 bits per heavy atom. The largest absolute Gasteiger partial charge is 0.324 e.